The van der Waals surface area contributed by atoms with Crippen molar-refractivity contribution < 1.29 is 9.18 Å². The smallest absolute Gasteiger partial charge is 0.253 e. The summed E-state index contributed by atoms with van der Waals surface area (Å²) in [5, 5.41) is 2.84. The topological polar surface area (TPSA) is 51.7 Å². The number of rotatable bonds is 7. The number of carbonyl (C=O) groups is 1. The van der Waals surface area contributed by atoms with Crippen LogP contribution in [0.15, 0.2) is 54.7 Å². The Balaban J connectivity index is 1.11. The van der Waals surface area contributed by atoms with Gasteiger partial charge in [-0.25, -0.2) is 9.37 Å². The van der Waals surface area contributed by atoms with Gasteiger partial charge in [0.05, 0.1) is 11.1 Å². The molecule has 0 atom stereocenters. The predicted octanol–water partition coefficient (Wildman–Crippen LogP) is 4.54. The standard InChI is InChI=1S/C33H38FN5O/c1-4-28-20-29(33(40)36-21-27-10-7-25(3)31(34)19-27)22-35-32(28)39-17-15-38(16-18-39)30-11-13-37(14-12-30)23-26-8-5-24(2)6-9-26/h1,5-10,19-20,22,30H,11-18,21,23H2,2-3H3,(H,36,40). The Morgan fingerprint density at radius 3 is 2.38 bits per heavy atom. The van der Waals surface area contributed by atoms with E-state index in [1.807, 2.05) is 0 Å². The highest BCUT2D eigenvalue weighted by Gasteiger charge is 2.28. The van der Waals surface area contributed by atoms with Gasteiger partial charge >= 0.3 is 0 Å². The van der Waals surface area contributed by atoms with E-state index in [1.165, 1.54) is 30.0 Å². The number of terminal acetylenes is 1. The molecule has 3 heterocycles. The van der Waals surface area contributed by atoms with E-state index < -0.39 is 0 Å². The number of pyridine rings is 1. The Bertz CT molecular complexity index is 1370. The summed E-state index contributed by atoms with van der Waals surface area (Å²) in [4.78, 5) is 24.8. The van der Waals surface area contributed by atoms with Gasteiger partial charge in [0.15, 0.2) is 0 Å². The van der Waals surface area contributed by atoms with Crippen LogP contribution in [0.1, 0.15) is 51.0 Å². The number of halogens is 1. The Morgan fingerprint density at radius 2 is 1.70 bits per heavy atom. The number of carbonyl (C=O) groups excluding carboxylic acids is 1. The molecule has 0 aliphatic carbocycles. The summed E-state index contributed by atoms with van der Waals surface area (Å²) in [6.45, 7) is 11.0. The second kappa shape index (κ2) is 12.6. The van der Waals surface area contributed by atoms with Gasteiger partial charge in [-0.15, -0.1) is 6.42 Å². The molecule has 5 rings (SSSR count). The van der Waals surface area contributed by atoms with E-state index in [0.29, 0.717) is 28.3 Å². The number of aryl methyl sites for hydroxylation is 2. The molecule has 208 valence electrons. The van der Waals surface area contributed by atoms with Crippen LogP contribution in [0.3, 0.4) is 0 Å². The molecule has 2 aliphatic rings. The van der Waals surface area contributed by atoms with Crippen LogP contribution < -0.4 is 10.2 Å². The average molecular weight is 540 g/mol. The van der Waals surface area contributed by atoms with Gasteiger partial charge in [0.2, 0.25) is 0 Å². The number of nitrogens with zero attached hydrogens (tertiary/aromatic N) is 4. The minimum absolute atomic E-state index is 0.232. The maximum absolute atomic E-state index is 13.8. The minimum atomic E-state index is -0.282. The van der Waals surface area contributed by atoms with E-state index in [2.05, 4.69) is 62.1 Å². The van der Waals surface area contributed by atoms with Gasteiger partial charge in [-0.1, -0.05) is 47.9 Å². The zero-order valence-corrected chi connectivity index (χ0v) is 23.5. The lowest BCUT2D eigenvalue weighted by Gasteiger charge is -2.43. The molecule has 3 aromatic rings. The molecule has 7 heteroatoms. The van der Waals surface area contributed by atoms with Gasteiger partial charge in [0, 0.05) is 51.5 Å². The summed E-state index contributed by atoms with van der Waals surface area (Å²) in [6.07, 6.45) is 9.80. The first-order valence-electron chi connectivity index (χ1n) is 14.2. The minimum Gasteiger partial charge on any atom is -0.353 e. The van der Waals surface area contributed by atoms with Crippen molar-refractivity contribution in [3.63, 3.8) is 0 Å². The highest BCUT2D eigenvalue weighted by Crippen LogP contribution is 2.24. The first-order chi connectivity index (χ1) is 19.4. The SMILES string of the molecule is C#Cc1cc(C(=O)NCc2ccc(C)c(F)c2)cnc1N1CCN(C2CCN(Cc3ccc(C)cc3)CC2)CC1. The number of piperazine rings is 1. The fourth-order valence-corrected chi connectivity index (χ4v) is 5.66. The molecule has 0 saturated carbocycles. The number of hydrogen-bond acceptors (Lipinski definition) is 5. The number of piperidine rings is 1. The molecule has 1 aromatic heterocycles. The second-order valence-corrected chi connectivity index (χ2v) is 11.0. The van der Waals surface area contributed by atoms with E-state index in [-0.39, 0.29) is 18.3 Å². The van der Waals surface area contributed by atoms with Gasteiger partial charge in [0.1, 0.15) is 11.6 Å². The van der Waals surface area contributed by atoms with Crippen molar-refractivity contribution in [2.45, 2.75) is 45.8 Å². The summed E-state index contributed by atoms with van der Waals surface area (Å²) < 4.78 is 13.8. The molecule has 2 saturated heterocycles. The molecule has 2 aliphatic heterocycles. The van der Waals surface area contributed by atoms with Crippen LogP contribution >= 0.6 is 0 Å². The number of anilines is 1. The highest BCUT2D eigenvalue weighted by atomic mass is 19.1. The number of benzene rings is 2. The quantitative estimate of drug-likeness (QED) is 0.447. The largest absolute Gasteiger partial charge is 0.353 e. The van der Waals surface area contributed by atoms with Crippen LogP contribution in [0.2, 0.25) is 0 Å². The normalized spacial score (nSPS) is 17.0. The van der Waals surface area contributed by atoms with E-state index in [4.69, 9.17) is 6.42 Å². The molecule has 0 unspecified atom stereocenters. The Morgan fingerprint density at radius 1 is 1.00 bits per heavy atom. The van der Waals surface area contributed by atoms with E-state index in [0.717, 1.165) is 51.6 Å². The van der Waals surface area contributed by atoms with Crippen molar-refractivity contribution in [1.82, 2.24) is 20.1 Å². The molecule has 0 spiro atoms. The molecule has 0 radical (unpaired) electrons. The maximum atomic E-state index is 13.8. The Labute approximate surface area is 237 Å². The first kappa shape index (κ1) is 27.8. The fraction of sp³-hybridized carbons (Fsp3) is 0.394. The lowest BCUT2D eigenvalue weighted by Crippen LogP contribution is -2.53. The van der Waals surface area contributed by atoms with E-state index in [1.54, 1.807) is 31.3 Å². The van der Waals surface area contributed by atoms with Gasteiger partial charge in [0.25, 0.3) is 5.91 Å². The zero-order valence-electron chi connectivity index (χ0n) is 23.5. The summed E-state index contributed by atoms with van der Waals surface area (Å²) in [7, 11) is 0. The Hall–Kier alpha value is -3.73. The number of amides is 1. The highest BCUT2D eigenvalue weighted by molar-refractivity contribution is 5.94. The third kappa shape index (κ3) is 6.70. The van der Waals surface area contributed by atoms with Crippen LogP contribution in [0.25, 0.3) is 0 Å². The molecule has 2 fully saturated rings. The van der Waals surface area contributed by atoms with Gasteiger partial charge in [-0.05, 0) is 68.6 Å². The van der Waals surface area contributed by atoms with Crippen molar-refractivity contribution >= 4 is 11.7 Å². The molecular formula is C33H38FN5O. The van der Waals surface area contributed by atoms with Crippen LogP contribution in [0.5, 0.6) is 0 Å². The lowest BCUT2D eigenvalue weighted by molar-refractivity contribution is 0.0950. The van der Waals surface area contributed by atoms with Gasteiger partial charge in [-0.3, -0.25) is 14.6 Å². The van der Waals surface area contributed by atoms with E-state index >= 15 is 0 Å². The van der Waals surface area contributed by atoms with Crippen molar-refractivity contribution in [1.29, 1.82) is 0 Å². The maximum Gasteiger partial charge on any atom is 0.253 e. The summed E-state index contributed by atoms with van der Waals surface area (Å²) in [5.74, 6) is 2.92. The van der Waals surface area contributed by atoms with Crippen LogP contribution in [-0.4, -0.2) is 66.0 Å². The van der Waals surface area contributed by atoms with Crippen LogP contribution in [-0.2, 0) is 13.1 Å². The average Bonchev–Trinajstić information content (AvgIpc) is 2.99. The second-order valence-electron chi connectivity index (χ2n) is 11.0. The monoisotopic (exact) mass is 539 g/mol. The summed E-state index contributed by atoms with van der Waals surface area (Å²) >= 11 is 0. The van der Waals surface area contributed by atoms with Gasteiger partial charge in [-0.2, -0.15) is 0 Å². The first-order valence-corrected chi connectivity index (χ1v) is 14.2. The molecule has 40 heavy (non-hydrogen) atoms. The molecule has 6 nitrogen and oxygen atoms in total. The lowest BCUT2D eigenvalue weighted by atomic mass is 10.0. The third-order valence-corrected chi connectivity index (χ3v) is 8.19. The molecule has 1 amide bonds. The summed E-state index contributed by atoms with van der Waals surface area (Å²) in [6, 6.07) is 16.2. The third-order valence-electron chi connectivity index (χ3n) is 8.19. The predicted molar refractivity (Wildman–Crippen MR) is 158 cm³/mol. The van der Waals surface area contributed by atoms with Crippen molar-refractivity contribution in [3.8, 4) is 12.3 Å². The molecule has 1 N–H and O–H groups in total. The molecule has 2 aromatic carbocycles. The zero-order chi connectivity index (χ0) is 28.1. The van der Waals surface area contributed by atoms with Crippen molar-refractivity contribution in [2.24, 2.45) is 0 Å². The number of aromatic nitrogens is 1. The summed E-state index contributed by atoms with van der Waals surface area (Å²) in [5.41, 5.74) is 4.99. The number of hydrogen-bond donors (Lipinski definition) is 1. The number of nitrogens with one attached hydrogen (secondary N) is 1. The number of likely N-dealkylation sites (tertiary alicyclic amines) is 1. The van der Waals surface area contributed by atoms with Crippen LogP contribution in [0, 0.1) is 32.0 Å². The Kier molecular flexibility index (Phi) is 8.78. The van der Waals surface area contributed by atoms with Gasteiger partial charge < -0.3 is 10.2 Å². The van der Waals surface area contributed by atoms with Crippen LogP contribution in [0.4, 0.5) is 10.2 Å². The molecule has 0 bridgehead atoms. The molecular weight excluding hydrogens is 501 g/mol. The van der Waals surface area contributed by atoms with E-state index in [9.17, 15) is 9.18 Å². The van der Waals surface area contributed by atoms with Crippen molar-refractivity contribution in [3.05, 3.63) is 93.9 Å². The van der Waals surface area contributed by atoms with Crippen molar-refractivity contribution in [2.75, 3.05) is 44.2 Å². The fourth-order valence-electron chi connectivity index (χ4n) is 5.66.